The molecule has 0 amide bonds. The number of hydrogen-bond donors (Lipinski definition) is 1. The van der Waals surface area contributed by atoms with Gasteiger partial charge >= 0.3 is 5.97 Å². The standard InChI is InChI=1S/C17H27NO5/c1-11(8-14(18)17(19)23-5)6-7-13-15(21-3)9-12(20-2)10-16(13)22-4/h9-11,14H,6-8,18H2,1-5H3. The van der Waals surface area contributed by atoms with Gasteiger partial charge in [-0.05, 0) is 25.2 Å². The molecule has 0 aliphatic rings. The van der Waals surface area contributed by atoms with E-state index in [0.29, 0.717) is 12.2 Å². The summed E-state index contributed by atoms with van der Waals surface area (Å²) in [5.74, 6) is 2.02. The van der Waals surface area contributed by atoms with Gasteiger partial charge < -0.3 is 24.7 Å². The third kappa shape index (κ3) is 5.32. The molecule has 6 nitrogen and oxygen atoms in total. The number of carbonyl (C=O) groups excluding carboxylic acids is 1. The summed E-state index contributed by atoms with van der Waals surface area (Å²) in [6.07, 6.45) is 2.18. The summed E-state index contributed by atoms with van der Waals surface area (Å²) in [6.45, 7) is 2.06. The largest absolute Gasteiger partial charge is 0.496 e. The van der Waals surface area contributed by atoms with Crippen molar-refractivity contribution >= 4 is 5.97 Å². The first-order valence-corrected chi connectivity index (χ1v) is 7.59. The molecule has 0 spiro atoms. The first-order valence-electron chi connectivity index (χ1n) is 7.59. The first kappa shape index (κ1) is 19.1. The number of esters is 1. The number of ether oxygens (including phenoxy) is 4. The molecule has 0 aliphatic carbocycles. The molecule has 1 aromatic carbocycles. The lowest BCUT2D eigenvalue weighted by molar-refractivity contribution is -0.142. The fourth-order valence-electron chi connectivity index (χ4n) is 2.51. The Morgan fingerprint density at radius 2 is 1.65 bits per heavy atom. The summed E-state index contributed by atoms with van der Waals surface area (Å²) in [5.41, 5.74) is 6.79. The van der Waals surface area contributed by atoms with E-state index in [4.69, 9.17) is 19.9 Å². The Kier molecular flexibility index (Phi) is 7.68. The van der Waals surface area contributed by atoms with Gasteiger partial charge in [-0.2, -0.15) is 0 Å². The Bertz CT molecular complexity index is 493. The normalized spacial score (nSPS) is 13.1. The van der Waals surface area contributed by atoms with Gasteiger partial charge in [-0.3, -0.25) is 4.79 Å². The zero-order valence-corrected chi connectivity index (χ0v) is 14.5. The predicted octanol–water partition coefficient (Wildman–Crippen LogP) is 2.17. The highest BCUT2D eigenvalue weighted by molar-refractivity contribution is 5.75. The van der Waals surface area contributed by atoms with Crippen molar-refractivity contribution in [2.45, 2.75) is 32.2 Å². The van der Waals surface area contributed by atoms with Gasteiger partial charge in [0.05, 0.1) is 28.4 Å². The van der Waals surface area contributed by atoms with Crippen LogP contribution in [-0.2, 0) is 16.0 Å². The molecule has 6 heteroatoms. The lowest BCUT2D eigenvalue weighted by Gasteiger charge is -2.18. The third-order valence-electron chi connectivity index (χ3n) is 3.86. The Hall–Kier alpha value is -1.95. The number of carbonyl (C=O) groups is 1. The van der Waals surface area contributed by atoms with Crippen LogP contribution in [0.5, 0.6) is 17.2 Å². The van der Waals surface area contributed by atoms with E-state index in [9.17, 15) is 4.79 Å². The van der Waals surface area contributed by atoms with E-state index in [2.05, 4.69) is 11.7 Å². The van der Waals surface area contributed by atoms with E-state index in [1.54, 1.807) is 21.3 Å². The van der Waals surface area contributed by atoms with Crippen molar-refractivity contribution in [1.82, 2.24) is 0 Å². The molecular weight excluding hydrogens is 298 g/mol. The van der Waals surface area contributed by atoms with Gasteiger partial charge in [0, 0.05) is 17.7 Å². The van der Waals surface area contributed by atoms with Gasteiger partial charge in [-0.15, -0.1) is 0 Å². The molecule has 2 N–H and O–H groups in total. The van der Waals surface area contributed by atoms with E-state index in [0.717, 1.165) is 29.9 Å². The molecule has 0 saturated carbocycles. The van der Waals surface area contributed by atoms with E-state index < -0.39 is 6.04 Å². The van der Waals surface area contributed by atoms with Crippen molar-refractivity contribution < 1.29 is 23.7 Å². The van der Waals surface area contributed by atoms with E-state index >= 15 is 0 Å². The summed E-state index contributed by atoms with van der Waals surface area (Å²) in [6, 6.07) is 3.08. The molecule has 0 radical (unpaired) electrons. The van der Waals surface area contributed by atoms with Gasteiger partial charge in [0.25, 0.3) is 0 Å². The van der Waals surface area contributed by atoms with Gasteiger partial charge in [-0.25, -0.2) is 0 Å². The summed E-state index contributed by atoms with van der Waals surface area (Å²) >= 11 is 0. The summed E-state index contributed by atoms with van der Waals surface area (Å²) in [7, 11) is 6.19. The SMILES string of the molecule is COC(=O)C(N)CC(C)CCc1c(OC)cc(OC)cc1OC. The molecule has 0 aliphatic heterocycles. The van der Waals surface area contributed by atoms with Crippen LogP contribution in [0.4, 0.5) is 0 Å². The molecule has 2 unspecified atom stereocenters. The zero-order chi connectivity index (χ0) is 17.4. The van der Waals surface area contributed by atoms with Crippen molar-refractivity contribution in [3.8, 4) is 17.2 Å². The van der Waals surface area contributed by atoms with Crippen LogP contribution in [-0.4, -0.2) is 40.5 Å². The maximum absolute atomic E-state index is 11.4. The monoisotopic (exact) mass is 325 g/mol. The fourth-order valence-corrected chi connectivity index (χ4v) is 2.51. The quantitative estimate of drug-likeness (QED) is 0.701. The van der Waals surface area contributed by atoms with Gasteiger partial charge in [0.15, 0.2) is 0 Å². The van der Waals surface area contributed by atoms with Crippen molar-refractivity contribution in [1.29, 1.82) is 0 Å². The van der Waals surface area contributed by atoms with Crippen LogP contribution in [0.2, 0.25) is 0 Å². The van der Waals surface area contributed by atoms with Crippen LogP contribution in [0.15, 0.2) is 12.1 Å². The second-order valence-electron chi connectivity index (χ2n) is 5.52. The van der Waals surface area contributed by atoms with Crippen molar-refractivity contribution in [3.05, 3.63) is 17.7 Å². The Balaban J connectivity index is 2.78. The number of rotatable bonds is 9. The first-order chi connectivity index (χ1) is 11.0. The fraction of sp³-hybridized carbons (Fsp3) is 0.588. The molecule has 0 aromatic heterocycles. The van der Waals surface area contributed by atoms with Crippen molar-refractivity contribution in [3.63, 3.8) is 0 Å². The smallest absolute Gasteiger partial charge is 0.322 e. The molecule has 130 valence electrons. The molecule has 2 atom stereocenters. The van der Waals surface area contributed by atoms with Crippen LogP contribution in [0.1, 0.15) is 25.3 Å². The predicted molar refractivity (Wildman–Crippen MR) is 88.2 cm³/mol. The minimum absolute atomic E-state index is 0.264. The van der Waals surface area contributed by atoms with Crippen LogP contribution < -0.4 is 19.9 Å². The Morgan fingerprint density at radius 1 is 1.09 bits per heavy atom. The number of methoxy groups -OCH3 is 4. The zero-order valence-electron chi connectivity index (χ0n) is 14.5. The lowest BCUT2D eigenvalue weighted by Crippen LogP contribution is -2.33. The maximum Gasteiger partial charge on any atom is 0.322 e. The average Bonchev–Trinajstić information content (AvgIpc) is 2.57. The van der Waals surface area contributed by atoms with Crippen LogP contribution in [0.25, 0.3) is 0 Å². The Labute approximate surface area is 137 Å². The topological polar surface area (TPSA) is 80.0 Å². The van der Waals surface area contributed by atoms with E-state index in [-0.39, 0.29) is 11.9 Å². The van der Waals surface area contributed by atoms with Gasteiger partial charge in [0.1, 0.15) is 23.3 Å². The van der Waals surface area contributed by atoms with Crippen LogP contribution in [0, 0.1) is 5.92 Å². The minimum Gasteiger partial charge on any atom is -0.496 e. The van der Waals surface area contributed by atoms with Crippen LogP contribution >= 0.6 is 0 Å². The lowest BCUT2D eigenvalue weighted by atomic mass is 9.94. The second kappa shape index (κ2) is 9.25. The van der Waals surface area contributed by atoms with E-state index in [1.165, 1.54) is 7.11 Å². The molecule has 23 heavy (non-hydrogen) atoms. The van der Waals surface area contributed by atoms with Gasteiger partial charge in [0.2, 0.25) is 0 Å². The molecule has 0 bridgehead atoms. The van der Waals surface area contributed by atoms with E-state index in [1.807, 2.05) is 12.1 Å². The van der Waals surface area contributed by atoms with Crippen molar-refractivity contribution in [2.24, 2.45) is 11.7 Å². The highest BCUT2D eigenvalue weighted by Crippen LogP contribution is 2.35. The number of nitrogens with two attached hydrogens (primary N) is 1. The van der Waals surface area contributed by atoms with Crippen LogP contribution in [0.3, 0.4) is 0 Å². The maximum atomic E-state index is 11.4. The highest BCUT2D eigenvalue weighted by Gasteiger charge is 2.19. The number of benzene rings is 1. The minimum atomic E-state index is -0.588. The molecule has 1 aromatic rings. The number of hydrogen-bond acceptors (Lipinski definition) is 6. The average molecular weight is 325 g/mol. The Morgan fingerprint density at radius 3 is 2.09 bits per heavy atom. The molecular formula is C17H27NO5. The molecule has 0 saturated heterocycles. The highest BCUT2D eigenvalue weighted by atomic mass is 16.5. The van der Waals surface area contributed by atoms with Gasteiger partial charge in [-0.1, -0.05) is 6.92 Å². The molecule has 0 heterocycles. The molecule has 0 fully saturated rings. The summed E-state index contributed by atoms with van der Waals surface area (Å²) in [4.78, 5) is 11.4. The summed E-state index contributed by atoms with van der Waals surface area (Å²) < 4.78 is 20.8. The second-order valence-corrected chi connectivity index (χ2v) is 5.52. The van der Waals surface area contributed by atoms with Crippen molar-refractivity contribution in [2.75, 3.05) is 28.4 Å². The third-order valence-corrected chi connectivity index (χ3v) is 3.86. The summed E-state index contributed by atoms with van der Waals surface area (Å²) in [5, 5.41) is 0. The molecule has 1 rings (SSSR count).